The fraction of sp³-hybridized carbons (Fsp3) is 0.639. The Balaban J connectivity index is 2.25. The zero-order valence-corrected chi connectivity index (χ0v) is 59.4. The molecule has 1 aliphatic rings. The Morgan fingerprint density at radius 1 is 0.545 bits per heavy atom. The van der Waals surface area contributed by atoms with Crippen molar-refractivity contribution in [3.05, 3.63) is 29.8 Å². The predicted octanol–water partition coefficient (Wildman–Crippen LogP) is -6.16. The normalized spacial score (nSPS) is 17.5. The Kier molecular flexibility index (Phi) is 41.8. The highest BCUT2D eigenvalue weighted by Crippen LogP contribution is 2.24. The summed E-state index contributed by atoms with van der Waals surface area (Å²) in [5.74, 6) is -10.9. The van der Waals surface area contributed by atoms with Gasteiger partial charge >= 0.3 is 5.97 Å². The second kappa shape index (κ2) is 48.2. The summed E-state index contributed by atoms with van der Waals surface area (Å²) in [7, 11) is 2.06. The summed E-state index contributed by atoms with van der Waals surface area (Å²) < 4.78 is 0. The third-order valence-corrected chi connectivity index (χ3v) is 17.2. The van der Waals surface area contributed by atoms with Crippen molar-refractivity contribution >= 4 is 116 Å². The van der Waals surface area contributed by atoms with Crippen molar-refractivity contribution in [1.29, 1.82) is 0 Å². The lowest BCUT2D eigenvalue weighted by Gasteiger charge is -2.25. The molecule has 31 N–H and O–H groups in total. The molecule has 1 saturated heterocycles. The second-order valence-corrected chi connectivity index (χ2v) is 27.2. The molecule has 0 aliphatic carbocycles. The second-order valence-electron chi connectivity index (χ2n) is 24.6. The number of nitrogens with one attached hydrogen (secondary N) is 11. The fourth-order valence-electron chi connectivity index (χ4n) is 9.69. The maximum absolute atomic E-state index is 14.1. The van der Waals surface area contributed by atoms with Crippen molar-refractivity contribution in [3.63, 3.8) is 0 Å². The van der Waals surface area contributed by atoms with Crippen LogP contribution in [0.15, 0.2) is 44.2 Å². The van der Waals surface area contributed by atoms with Crippen LogP contribution in [0.1, 0.15) is 123 Å². The van der Waals surface area contributed by atoms with Crippen LogP contribution in [0.2, 0.25) is 0 Å². The van der Waals surface area contributed by atoms with E-state index in [1.165, 1.54) is 12.1 Å². The van der Waals surface area contributed by atoms with E-state index in [-0.39, 0.29) is 169 Å². The fourth-order valence-corrected chi connectivity index (χ4v) is 12.0. The summed E-state index contributed by atoms with van der Waals surface area (Å²) in [6.45, 7) is 6.36. The van der Waals surface area contributed by atoms with Gasteiger partial charge in [-0.05, 0) is 113 Å². The molecular formula is C61H106N24O14S2. The number of nitrogens with two attached hydrogens (primary N) is 9. The van der Waals surface area contributed by atoms with E-state index in [0.717, 1.165) is 21.6 Å². The first-order chi connectivity index (χ1) is 47.7. The minimum absolute atomic E-state index is 0.000815. The lowest BCUT2D eigenvalue weighted by molar-refractivity contribution is -0.142. The molecule has 40 heteroatoms. The molecule has 566 valence electrons. The number of nitrogens with zero attached hydrogens (tertiary/aromatic N) is 4. The van der Waals surface area contributed by atoms with Crippen LogP contribution in [0.25, 0.3) is 0 Å². The Morgan fingerprint density at radius 2 is 1.03 bits per heavy atom. The largest absolute Gasteiger partial charge is 0.508 e. The highest BCUT2D eigenvalue weighted by atomic mass is 33.1. The zero-order valence-electron chi connectivity index (χ0n) is 57.7. The number of phenolic OH excluding ortho intramolecular Hbond substituents is 1. The van der Waals surface area contributed by atoms with E-state index >= 15 is 0 Å². The van der Waals surface area contributed by atoms with Crippen LogP contribution in [0.5, 0.6) is 5.75 Å². The van der Waals surface area contributed by atoms with Crippen LogP contribution in [-0.2, 0) is 64.0 Å². The number of carbonyl (C=O) groups is 12. The SMILES string of the molecule is CC(C)C[C@@H]1NC(=O)CNC(=O)[C@H](CC(C)C)NC(=O)[C@@H](NC(=O)CCCCCNC(=O)[C@H](CCCN=C(N)N)NC(=O)CNC(=O)[C@H](CCCN=C(N)N)NC(=O)[C@H](CCCN=C(N)N)NC(=O)[C@@H](N)Cc2ccc(O)cc2)CSSC[C@@H](C(=O)N[C@@H](CCCN=C(N)N)C(=O)O)NC1=O. The molecule has 1 heterocycles. The highest BCUT2D eigenvalue weighted by molar-refractivity contribution is 8.76. The van der Waals surface area contributed by atoms with E-state index in [2.05, 4.69) is 78.5 Å². The smallest absolute Gasteiger partial charge is 0.326 e. The maximum Gasteiger partial charge on any atom is 0.326 e. The quantitative estimate of drug-likeness (QED) is 0.0126. The van der Waals surface area contributed by atoms with Crippen molar-refractivity contribution in [2.75, 3.05) is 57.3 Å². The minimum Gasteiger partial charge on any atom is -0.508 e. The Morgan fingerprint density at radius 3 is 1.55 bits per heavy atom. The van der Waals surface area contributed by atoms with Gasteiger partial charge in [-0.2, -0.15) is 0 Å². The van der Waals surface area contributed by atoms with Crippen molar-refractivity contribution < 1.29 is 67.7 Å². The Hall–Kier alpha value is -9.60. The first-order valence-electron chi connectivity index (χ1n) is 33.2. The number of benzene rings is 1. The number of carbonyl (C=O) groups excluding carboxylic acids is 11. The molecule has 2 rings (SSSR count). The maximum atomic E-state index is 14.1. The molecule has 1 fully saturated rings. The van der Waals surface area contributed by atoms with E-state index in [1.807, 2.05) is 13.8 Å². The number of aliphatic imine (C=N–C) groups is 4. The number of guanidine groups is 4. The van der Waals surface area contributed by atoms with Crippen molar-refractivity contribution in [3.8, 4) is 5.75 Å². The number of carboxylic acid groups (broad SMARTS) is 1. The molecule has 0 unspecified atom stereocenters. The number of rotatable bonds is 41. The van der Waals surface area contributed by atoms with Gasteiger partial charge in [-0.3, -0.25) is 72.7 Å². The molecule has 1 aliphatic heterocycles. The summed E-state index contributed by atoms with van der Waals surface area (Å²) in [6, 6.07) is -5.24. The molecule has 1 aromatic rings. The number of aliphatic carboxylic acids is 1. The van der Waals surface area contributed by atoms with Gasteiger partial charge in [-0.25, -0.2) is 4.79 Å². The number of aromatic hydroxyl groups is 1. The molecule has 11 amide bonds. The third kappa shape index (κ3) is 39.1. The number of carboxylic acids is 1. The lowest BCUT2D eigenvalue weighted by Crippen LogP contribution is -2.57. The summed E-state index contributed by atoms with van der Waals surface area (Å²) in [5.41, 5.74) is 50.6. The average molecular weight is 1460 g/mol. The van der Waals surface area contributed by atoms with E-state index in [0.29, 0.717) is 18.4 Å². The van der Waals surface area contributed by atoms with Crippen LogP contribution in [0.4, 0.5) is 0 Å². The van der Waals surface area contributed by atoms with E-state index in [1.54, 1.807) is 26.0 Å². The van der Waals surface area contributed by atoms with Gasteiger partial charge in [0.2, 0.25) is 65.0 Å². The number of amides is 11. The Bertz CT molecular complexity index is 3000. The van der Waals surface area contributed by atoms with Gasteiger partial charge in [0.05, 0.1) is 19.1 Å². The number of hydrogen-bond acceptors (Lipinski definition) is 20. The molecule has 38 nitrogen and oxygen atoms in total. The lowest BCUT2D eigenvalue weighted by atomic mass is 10.0. The topological polar surface area (TPSA) is 661 Å². The molecule has 0 spiro atoms. The number of phenols is 1. The molecule has 101 heavy (non-hydrogen) atoms. The van der Waals surface area contributed by atoms with Gasteiger partial charge in [-0.15, -0.1) is 0 Å². The van der Waals surface area contributed by atoms with Gasteiger partial charge < -0.3 is 120 Å². The summed E-state index contributed by atoms with van der Waals surface area (Å²) in [5, 5.41) is 48.4. The molecule has 9 atom stereocenters. The van der Waals surface area contributed by atoms with E-state index in [9.17, 15) is 67.7 Å². The molecule has 0 radical (unpaired) electrons. The summed E-state index contributed by atoms with van der Waals surface area (Å²) in [6.07, 6.45) is 1.86. The van der Waals surface area contributed by atoms with Gasteiger partial charge in [0.25, 0.3) is 0 Å². The summed E-state index contributed by atoms with van der Waals surface area (Å²) in [4.78, 5) is 179. The average Bonchev–Trinajstić information content (AvgIpc) is 1.55. The zero-order chi connectivity index (χ0) is 75.6. The highest BCUT2D eigenvalue weighted by Gasteiger charge is 2.34. The van der Waals surface area contributed by atoms with E-state index < -0.39 is 138 Å². The van der Waals surface area contributed by atoms with Gasteiger partial charge in [-0.1, -0.05) is 67.8 Å². The van der Waals surface area contributed by atoms with Gasteiger partial charge in [0, 0.05) is 50.7 Å². The standard InChI is InChI=1S/C61H106N24O14S2/c1-33(2)26-42-52(93)77-30-48(89)79-43(27-34(3)4)54(95)85-45(56(97)83-41(57(98)99)15-11-25-75-61(69)70)32-101-100-31-44(55(96)84-42)80-46(87)16-6-5-7-21-71-50(91)38(12-8-22-72-58(63)64)78-47(88)29-76-51(92)39(13-9-23-73-59(65)66)82-53(94)40(14-10-24-74-60(67)68)81-49(90)37(62)28-35-17-19-36(86)20-18-35/h17-20,33-34,37-45,86H,5-16,21-32,62H2,1-4H3,(H,71,91)(H,76,92)(H,77,93)(H,78,88)(H,79,89)(H,80,87)(H,81,90)(H,82,94)(H,83,97)(H,84,96)(H,85,95)(H,98,99)(H4,63,64,72)(H4,65,66,73)(H4,67,68,74)(H4,69,70,75)/t37-,38-,39-,40-,41-,42-,43-,44-,45-/m0/s1. The molecule has 1 aromatic carbocycles. The minimum atomic E-state index is -1.41. The first-order valence-corrected chi connectivity index (χ1v) is 35.7. The van der Waals surface area contributed by atoms with Crippen LogP contribution < -0.4 is 110 Å². The first kappa shape index (κ1) is 87.5. The third-order valence-electron chi connectivity index (χ3n) is 14.8. The summed E-state index contributed by atoms with van der Waals surface area (Å²) >= 11 is 0. The number of hydrogen-bond donors (Lipinski definition) is 22. The van der Waals surface area contributed by atoms with Crippen LogP contribution in [0.3, 0.4) is 0 Å². The van der Waals surface area contributed by atoms with Gasteiger partial charge in [0.1, 0.15) is 54.1 Å². The van der Waals surface area contributed by atoms with Crippen LogP contribution in [0, 0.1) is 11.8 Å². The molecule has 0 saturated carbocycles. The van der Waals surface area contributed by atoms with E-state index in [4.69, 9.17) is 51.6 Å². The Labute approximate surface area is 594 Å². The molecular weight excluding hydrogens is 1360 g/mol. The van der Waals surface area contributed by atoms with Gasteiger partial charge in [0.15, 0.2) is 23.8 Å². The number of unbranched alkanes of at least 4 members (excludes halogenated alkanes) is 2. The van der Waals surface area contributed by atoms with Crippen molar-refractivity contribution in [2.45, 2.75) is 178 Å². The van der Waals surface area contributed by atoms with Crippen molar-refractivity contribution in [2.24, 2.45) is 83.4 Å². The van der Waals surface area contributed by atoms with Crippen LogP contribution >= 0.6 is 21.6 Å². The monoisotopic (exact) mass is 1460 g/mol. The predicted molar refractivity (Wildman–Crippen MR) is 384 cm³/mol. The molecule has 0 bridgehead atoms. The molecule has 0 aromatic heterocycles. The van der Waals surface area contributed by atoms with Crippen molar-refractivity contribution in [1.82, 2.24) is 58.5 Å². The van der Waals surface area contributed by atoms with Crippen LogP contribution in [-0.4, -0.2) is 217 Å².